The second-order valence-electron chi connectivity index (χ2n) is 12.3. The molecule has 0 bridgehead atoms. The van der Waals surface area contributed by atoms with Crippen LogP contribution >= 0.6 is 56.7 Å². The predicted molar refractivity (Wildman–Crippen MR) is 219 cm³/mol. The number of benzene rings is 2. The number of hydrogen-bond donors (Lipinski definition) is 3. The fourth-order valence-corrected chi connectivity index (χ4v) is 11.9. The zero-order valence-corrected chi connectivity index (χ0v) is 32.0. The van der Waals surface area contributed by atoms with Gasteiger partial charge in [-0.3, -0.25) is 4.79 Å². The zero-order chi connectivity index (χ0) is 35.5. The fourth-order valence-electron chi connectivity index (χ4n) is 5.98. The molecular formula is C41H36N2O3S5. The van der Waals surface area contributed by atoms with E-state index in [0.29, 0.717) is 32.4 Å². The first-order valence-electron chi connectivity index (χ1n) is 16.6. The van der Waals surface area contributed by atoms with Crippen molar-refractivity contribution in [1.82, 2.24) is 0 Å². The number of aliphatic carboxylic acids is 1. The largest absolute Gasteiger partial charge is 0.481 e. The van der Waals surface area contributed by atoms with Gasteiger partial charge in [0.05, 0.1) is 0 Å². The van der Waals surface area contributed by atoms with Crippen LogP contribution in [0.5, 0.6) is 0 Å². The van der Waals surface area contributed by atoms with Crippen molar-refractivity contribution in [1.29, 1.82) is 0 Å². The lowest BCUT2D eigenvalue weighted by Crippen LogP contribution is -1.97. The lowest BCUT2D eigenvalue weighted by atomic mass is 10.1. The van der Waals surface area contributed by atoms with Crippen molar-refractivity contribution >= 4 is 68.4 Å². The first-order valence-corrected chi connectivity index (χ1v) is 20.7. The van der Waals surface area contributed by atoms with E-state index >= 15 is 0 Å². The SMILES string of the molecule is CC(=O)CCc1cc(-c2ccc(-c3cccc(CN)c3)s2)sc1-c1ccc(-c2sc(-c3ccc(-c4cccc(CN)c4)s3)cc2CCC(=O)O)s1. The number of rotatable bonds is 14. The number of carbonyl (C=O) groups is 2. The molecule has 0 saturated heterocycles. The van der Waals surface area contributed by atoms with Crippen LogP contribution in [-0.2, 0) is 35.5 Å². The van der Waals surface area contributed by atoms with Gasteiger partial charge in [0.2, 0.25) is 0 Å². The first kappa shape index (κ1) is 35.4. The highest BCUT2D eigenvalue weighted by atomic mass is 32.1. The van der Waals surface area contributed by atoms with Gasteiger partial charge < -0.3 is 21.4 Å². The summed E-state index contributed by atoms with van der Waals surface area (Å²) in [5, 5.41) is 9.56. The topological polar surface area (TPSA) is 106 Å². The normalized spacial score (nSPS) is 11.4. The average molecular weight is 765 g/mol. The summed E-state index contributed by atoms with van der Waals surface area (Å²) in [6.07, 6.45) is 1.72. The van der Waals surface area contributed by atoms with E-state index in [9.17, 15) is 14.7 Å². The molecule has 0 radical (unpaired) electrons. The summed E-state index contributed by atoms with van der Waals surface area (Å²) in [5.41, 5.74) is 18.6. The third-order valence-electron chi connectivity index (χ3n) is 8.62. The van der Waals surface area contributed by atoms with E-state index in [-0.39, 0.29) is 12.2 Å². The molecule has 5 nitrogen and oxygen atoms in total. The minimum absolute atomic E-state index is 0.0752. The van der Waals surface area contributed by atoms with Gasteiger partial charge in [-0.05, 0) is 114 Å². The van der Waals surface area contributed by atoms with E-state index in [1.54, 1.807) is 63.6 Å². The molecule has 0 amide bonds. The number of nitrogens with two attached hydrogens (primary N) is 2. The van der Waals surface area contributed by atoms with Crippen LogP contribution in [0.2, 0.25) is 0 Å². The maximum Gasteiger partial charge on any atom is 0.303 e. The maximum atomic E-state index is 12.1. The van der Waals surface area contributed by atoms with E-state index < -0.39 is 5.97 Å². The number of Topliss-reactive ketones (excluding diaryl/α,β-unsaturated/α-hetero) is 1. The number of hydrogen-bond acceptors (Lipinski definition) is 9. The Morgan fingerprint density at radius 3 is 1.41 bits per heavy atom. The predicted octanol–water partition coefficient (Wildman–Crippen LogP) is 11.5. The summed E-state index contributed by atoms with van der Waals surface area (Å²) in [5.74, 6) is -0.624. The number of thiophene rings is 5. The summed E-state index contributed by atoms with van der Waals surface area (Å²) in [4.78, 5) is 35.4. The van der Waals surface area contributed by atoms with Crippen LogP contribution in [0.4, 0.5) is 0 Å². The number of ketones is 1. The lowest BCUT2D eigenvalue weighted by molar-refractivity contribution is -0.137. The molecule has 0 aliphatic carbocycles. The molecule has 2 aromatic carbocycles. The highest BCUT2D eigenvalue weighted by molar-refractivity contribution is 7.30. The Bertz CT molecular complexity index is 2170. The van der Waals surface area contributed by atoms with Gasteiger partial charge in [0.15, 0.2) is 0 Å². The van der Waals surface area contributed by atoms with Crippen LogP contribution in [0.3, 0.4) is 0 Å². The summed E-state index contributed by atoms with van der Waals surface area (Å²) in [7, 11) is 0. The second kappa shape index (κ2) is 15.7. The third kappa shape index (κ3) is 8.08. The zero-order valence-electron chi connectivity index (χ0n) is 27.9. The Morgan fingerprint density at radius 1 is 0.529 bits per heavy atom. The first-order chi connectivity index (χ1) is 24.8. The van der Waals surface area contributed by atoms with Crippen molar-refractivity contribution in [2.24, 2.45) is 11.5 Å². The molecule has 0 aliphatic heterocycles. The second-order valence-corrected chi connectivity index (χ2v) is 17.7. The maximum absolute atomic E-state index is 12.1. The summed E-state index contributed by atoms with van der Waals surface area (Å²) >= 11 is 8.75. The van der Waals surface area contributed by atoms with Crippen molar-refractivity contribution in [3.63, 3.8) is 0 Å². The highest BCUT2D eigenvalue weighted by Crippen LogP contribution is 2.49. The van der Waals surface area contributed by atoms with Crippen molar-refractivity contribution in [3.05, 3.63) is 119 Å². The molecule has 0 saturated carbocycles. The molecule has 10 heteroatoms. The standard InChI is InChI=1S/C41H36N2O3S5/c1-24(44)8-9-29-20-37(33-13-11-31(47-33)27-6-2-4-25(18-27)22-42)50-40(29)35-15-16-36(49-35)41-30(10-17-39(45)46)21-38(51-41)34-14-12-32(48-34)28-7-3-5-26(19-28)23-43/h2-7,11-16,18-21H,8-10,17,22-23,42-43H2,1H3,(H,45,46). The Balaban J connectivity index is 1.22. The van der Waals surface area contributed by atoms with Gasteiger partial charge in [0.25, 0.3) is 0 Å². The van der Waals surface area contributed by atoms with Gasteiger partial charge in [0, 0.05) is 74.7 Å². The molecule has 0 aliphatic rings. The summed E-state index contributed by atoms with van der Waals surface area (Å²) in [6.45, 7) is 2.66. The van der Waals surface area contributed by atoms with Crippen molar-refractivity contribution < 1.29 is 14.7 Å². The van der Waals surface area contributed by atoms with Crippen molar-refractivity contribution in [2.75, 3.05) is 0 Å². The van der Waals surface area contributed by atoms with Crippen molar-refractivity contribution in [2.45, 2.75) is 45.7 Å². The molecule has 258 valence electrons. The van der Waals surface area contributed by atoms with E-state index in [4.69, 9.17) is 11.5 Å². The van der Waals surface area contributed by atoms with Gasteiger partial charge in [-0.1, -0.05) is 36.4 Å². The molecule has 7 aromatic rings. The van der Waals surface area contributed by atoms with E-state index in [1.165, 1.54) is 35.5 Å². The van der Waals surface area contributed by atoms with Gasteiger partial charge in [-0.15, -0.1) is 56.7 Å². The molecule has 51 heavy (non-hydrogen) atoms. The summed E-state index contributed by atoms with van der Waals surface area (Å²) < 4.78 is 0. The van der Waals surface area contributed by atoms with E-state index in [1.807, 2.05) is 18.2 Å². The summed E-state index contributed by atoms with van der Waals surface area (Å²) in [6, 6.07) is 34.2. The van der Waals surface area contributed by atoms with Crippen LogP contribution in [0.25, 0.3) is 59.9 Å². The van der Waals surface area contributed by atoms with Crippen molar-refractivity contribution in [3.8, 4) is 59.9 Å². The Labute approximate surface area is 317 Å². The molecule has 0 spiro atoms. The average Bonchev–Trinajstić information content (AvgIpc) is 3.98. The monoisotopic (exact) mass is 764 g/mol. The van der Waals surface area contributed by atoms with Crippen LogP contribution in [0, 0.1) is 0 Å². The number of carboxylic acid groups (broad SMARTS) is 1. The highest BCUT2D eigenvalue weighted by Gasteiger charge is 2.20. The molecule has 0 fully saturated rings. The number of carbonyl (C=O) groups excluding carboxylic acids is 1. The fraction of sp³-hybridized carbons (Fsp3) is 0.171. The Hall–Kier alpha value is -4.00. The molecule has 5 N–H and O–H groups in total. The molecular weight excluding hydrogens is 729 g/mol. The molecule has 0 unspecified atom stereocenters. The number of aryl methyl sites for hydroxylation is 2. The van der Waals surface area contributed by atoms with Crippen LogP contribution in [0.15, 0.2) is 97.1 Å². The minimum atomic E-state index is -0.802. The van der Waals surface area contributed by atoms with Gasteiger partial charge >= 0.3 is 5.97 Å². The van der Waals surface area contributed by atoms with Gasteiger partial charge in [-0.2, -0.15) is 0 Å². The van der Waals surface area contributed by atoms with Crippen LogP contribution < -0.4 is 11.5 Å². The van der Waals surface area contributed by atoms with Crippen LogP contribution in [0.1, 0.15) is 42.0 Å². The molecule has 7 rings (SSSR count). The lowest BCUT2D eigenvalue weighted by Gasteiger charge is -2.01. The third-order valence-corrected chi connectivity index (χ3v) is 15.1. The van der Waals surface area contributed by atoms with Gasteiger partial charge in [0.1, 0.15) is 5.78 Å². The minimum Gasteiger partial charge on any atom is -0.481 e. The molecule has 5 heterocycles. The van der Waals surface area contributed by atoms with E-state index in [2.05, 4.69) is 78.9 Å². The Morgan fingerprint density at radius 2 is 0.961 bits per heavy atom. The van der Waals surface area contributed by atoms with Gasteiger partial charge in [-0.25, -0.2) is 0 Å². The molecule has 5 aromatic heterocycles. The van der Waals surface area contributed by atoms with Crippen LogP contribution in [-0.4, -0.2) is 16.9 Å². The Kier molecular flexibility index (Phi) is 10.9. The quantitative estimate of drug-likeness (QED) is 0.102. The molecule has 0 atom stereocenters. The smallest absolute Gasteiger partial charge is 0.303 e. The van der Waals surface area contributed by atoms with E-state index in [0.717, 1.165) is 46.6 Å². The number of carboxylic acids is 1.